The molecule has 1 fully saturated rings. The fourth-order valence-electron chi connectivity index (χ4n) is 2.82. The molecule has 1 aromatic carbocycles. The number of hydrogen-bond donors (Lipinski definition) is 2. The summed E-state index contributed by atoms with van der Waals surface area (Å²) in [5.41, 5.74) is -0.131. The molecule has 150 valence electrons. The van der Waals surface area contributed by atoms with Gasteiger partial charge in [-0.05, 0) is 30.3 Å². The molecule has 28 heavy (non-hydrogen) atoms. The predicted molar refractivity (Wildman–Crippen MR) is 98.6 cm³/mol. The van der Waals surface area contributed by atoms with Gasteiger partial charge in [0.2, 0.25) is 0 Å². The Bertz CT molecular complexity index is 808. The number of rotatable bonds is 6. The molecule has 2 heterocycles. The van der Waals surface area contributed by atoms with Gasteiger partial charge in [0, 0.05) is 43.6 Å². The van der Waals surface area contributed by atoms with Gasteiger partial charge >= 0.3 is 6.18 Å². The van der Waals surface area contributed by atoms with Crippen molar-refractivity contribution in [2.45, 2.75) is 6.18 Å². The van der Waals surface area contributed by atoms with Gasteiger partial charge in [-0.15, -0.1) is 0 Å². The minimum absolute atomic E-state index is 0.243. The van der Waals surface area contributed by atoms with Crippen molar-refractivity contribution in [2.24, 2.45) is 0 Å². The Hall–Kier alpha value is -2.65. The quantitative estimate of drug-likeness (QED) is 0.789. The Balaban J connectivity index is 1.58. The van der Waals surface area contributed by atoms with Gasteiger partial charge in [-0.25, -0.2) is 4.98 Å². The third-order valence-electron chi connectivity index (χ3n) is 4.30. The average Bonchev–Trinajstić information content (AvgIpc) is 2.68. The van der Waals surface area contributed by atoms with Gasteiger partial charge in [0.15, 0.2) is 0 Å². The van der Waals surface area contributed by atoms with Crippen molar-refractivity contribution in [3.8, 4) is 0 Å². The first-order valence-corrected chi connectivity index (χ1v) is 8.90. The first kappa shape index (κ1) is 20.1. The Kier molecular flexibility index (Phi) is 6.48. The zero-order valence-electron chi connectivity index (χ0n) is 15.1. The summed E-state index contributed by atoms with van der Waals surface area (Å²) in [5, 5.41) is 5.65. The van der Waals surface area contributed by atoms with Crippen LogP contribution in [0.25, 0.3) is 0 Å². The molecule has 0 aliphatic carbocycles. The van der Waals surface area contributed by atoms with Crippen molar-refractivity contribution in [1.82, 2.24) is 15.2 Å². The molecule has 0 atom stereocenters. The number of hydrogen-bond acceptors (Lipinski definition) is 5. The maximum Gasteiger partial charge on any atom is 0.416 e. The summed E-state index contributed by atoms with van der Waals surface area (Å²) in [4.78, 5) is 18.6. The van der Waals surface area contributed by atoms with E-state index in [0.717, 1.165) is 31.8 Å². The zero-order valence-corrected chi connectivity index (χ0v) is 15.1. The van der Waals surface area contributed by atoms with E-state index in [0.29, 0.717) is 31.1 Å². The summed E-state index contributed by atoms with van der Waals surface area (Å²) in [6.45, 7) is 4.31. The summed E-state index contributed by atoms with van der Waals surface area (Å²) in [7, 11) is 0. The van der Waals surface area contributed by atoms with Gasteiger partial charge in [-0.3, -0.25) is 9.69 Å². The number of pyridine rings is 1. The van der Waals surface area contributed by atoms with Crippen LogP contribution in [0.1, 0.15) is 15.9 Å². The SMILES string of the molecule is O=C(NCCN1CCOCC1)c1ccnc(Nc2cccc(C(F)(F)F)c2)c1. The largest absolute Gasteiger partial charge is 0.416 e. The van der Waals surface area contributed by atoms with Crippen molar-refractivity contribution >= 4 is 17.4 Å². The van der Waals surface area contributed by atoms with Crippen LogP contribution in [0.5, 0.6) is 0 Å². The monoisotopic (exact) mass is 394 g/mol. The van der Waals surface area contributed by atoms with Gasteiger partial charge in [0.05, 0.1) is 18.8 Å². The number of carbonyl (C=O) groups is 1. The van der Waals surface area contributed by atoms with Gasteiger partial charge < -0.3 is 15.4 Å². The Morgan fingerprint density at radius 2 is 1.96 bits per heavy atom. The molecule has 1 amide bonds. The number of benzene rings is 1. The van der Waals surface area contributed by atoms with E-state index in [-0.39, 0.29) is 11.6 Å². The molecule has 0 unspecified atom stereocenters. The summed E-state index contributed by atoms with van der Waals surface area (Å²) >= 11 is 0. The molecular weight excluding hydrogens is 373 g/mol. The minimum Gasteiger partial charge on any atom is -0.379 e. The van der Waals surface area contributed by atoms with Crippen LogP contribution in [0.3, 0.4) is 0 Å². The van der Waals surface area contributed by atoms with Crippen LogP contribution in [0.2, 0.25) is 0 Å². The number of nitrogens with zero attached hydrogens (tertiary/aromatic N) is 2. The number of aromatic nitrogens is 1. The molecule has 0 saturated carbocycles. The molecule has 0 bridgehead atoms. The first-order chi connectivity index (χ1) is 13.4. The van der Waals surface area contributed by atoms with E-state index in [2.05, 4.69) is 20.5 Å². The smallest absolute Gasteiger partial charge is 0.379 e. The highest BCUT2D eigenvalue weighted by molar-refractivity contribution is 5.94. The number of morpholine rings is 1. The van der Waals surface area contributed by atoms with Crippen LogP contribution in [0.4, 0.5) is 24.7 Å². The van der Waals surface area contributed by atoms with Gasteiger partial charge in [0.25, 0.3) is 5.91 Å². The molecule has 1 aliphatic heterocycles. The van der Waals surface area contributed by atoms with E-state index < -0.39 is 11.7 Å². The molecule has 2 aromatic rings. The molecule has 9 heteroatoms. The second kappa shape index (κ2) is 9.03. The highest BCUT2D eigenvalue weighted by Gasteiger charge is 2.30. The van der Waals surface area contributed by atoms with E-state index in [1.807, 2.05) is 0 Å². The molecule has 1 aliphatic rings. The third-order valence-corrected chi connectivity index (χ3v) is 4.30. The second-order valence-corrected chi connectivity index (χ2v) is 6.34. The van der Waals surface area contributed by atoms with Crippen molar-refractivity contribution in [3.63, 3.8) is 0 Å². The van der Waals surface area contributed by atoms with Crippen LogP contribution in [-0.4, -0.2) is 55.2 Å². The lowest BCUT2D eigenvalue weighted by Gasteiger charge is -2.26. The molecule has 3 rings (SSSR count). The lowest BCUT2D eigenvalue weighted by molar-refractivity contribution is -0.137. The molecule has 0 spiro atoms. The number of carbonyl (C=O) groups excluding carboxylic acids is 1. The van der Waals surface area contributed by atoms with Gasteiger partial charge in [0.1, 0.15) is 5.82 Å². The second-order valence-electron chi connectivity index (χ2n) is 6.34. The highest BCUT2D eigenvalue weighted by atomic mass is 19.4. The zero-order chi connectivity index (χ0) is 20.0. The summed E-state index contributed by atoms with van der Waals surface area (Å²) in [6, 6.07) is 7.87. The Labute approximate surface area is 160 Å². The van der Waals surface area contributed by atoms with Gasteiger partial charge in [-0.1, -0.05) is 6.07 Å². The van der Waals surface area contributed by atoms with E-state index >= 15 is 0 Å². The molecule has 0 radical (unpaired) electrons. The topological polar surface area (TPSA) is 66.5 Å². The molecular formula is C19H21F3N4O2. The molecule has 6 nitrogen and oxygen atoms in total. The number of halogens is 3. The first-order valence-electron chi connectivity index (χ1n) is 8.90. The van der Waals surface area contributed by atoms with E-state index in [1.54, 1.807) is 6.07 Å². The van der Waals surface area contributed by atoms with Crippen LogP contribution < -0.4 is 10.6 Å². The number of nitrogens with one attached hydrogen (secondary N) is 2. The van der Waals surface area contributed by atoms with Crippen molar-refractivity contribution < 1.29 is 22.7 Å². The number of anilines is 2. The van der Waals surface area contributed by atoms with E-state index in [1.165, 1.54) is 24.4 Å². The fraction of sp³-hybridized carbons (Fsp3) is 0.368. The van der Waals surface area contributed by atoms with Crippen LogP contribution in [-0.2, 0) is 10.9 Å². The van der Waals surface area contributed by atoms with Gasteiger partial charge in [-0.2, -0.15) is 13.2 Å². The number of alkyl halides is 3. The van der Waals surface area contributed by atoms with Crippen molar-refractivity contribution in [1.29, 1.82) is 0 Å². The molecule has 2 N–H and O–H groups in total. The third kappa shape index (κ3) is 5.67. The van der Waals surface area contributed by atoms with Crippen LogP contribution in [0, 0.1) is 0 Å². The standard InChI is InChI=1S/C19H21F3N4O2/c20-19(21,22)15-2-1-3-16(13-15)25-17-12-14(4-5-23-17)18(27)24-6-7-26-8-10-28-11-9-26/h1-5,12-13H,6-11H2,(H,23,25)(H,24,27). The molecule has 1 saturated heterocycles. The Morgan fingerprint density at radius 3 is 2.71 bits per heavy atom. The van der Waals surface area contributed by atoms with E-state index in [9.17, 15) is 18.0 Å². The fourth-order valence-corrected chi connectivity index (χ4v) is 2.82. The Morgan fingerprint density at radius 1 is 1.18 bits per heavy atom. The minimum atomic E-state index is -4.42. The number of ether oxygens (including phenoxy) is 1. The van der Waals surface area contributed by atoms with Crippen LogP contribution >= 0.6 is 0 Å². The lowest BCUT2D eigenvalue weighted by Crippen LogP contribution is -2.41. The van der Waals surface area contributed by atoms with Crippen molar-refractivity contribution in [3.05, 3.63) is 53.7 Å². The summed E-state index contributed by atoms with van der Waals surface area (Å²) < 4.78 is 43.7. The summed E-state index contributed by atoms with van der Waals surface area (Å²) in [5.74, 6) is 0.0305. The molecule has 1 aromatic heterocycles. The highest BCUT2D eigenvalue weighted by Crippen LogP contribution is 2.31. The maximum atomic E-state index is 12.8. The predicted octanol–water partition coefficient (Wildman–Crippen LogP) is 2.91. The maximum absolute atomic E-state index is 12.8. The normalized spacial score (nSPS) is 15.2. The summed E-state index contributed by atoms with van der Waals surface area (Å²) in [6.07, 6.45) is -2.99. The van der Waals surface area contributed by atoms with E-state index in [4.69, 9.17) is 4.74 Å². The van der Waals surface area contributed by atoms with Crippen molar-refractivity contribution in [2.75, 3.05) is 44.7 Å². The van der Waals surface area contributed by atoms with Crippen LogP contribution in [0.15, 0.2) is 42.6 Å². The average molecular weight is 394 g/mol. The number of amides is 1. The lowest BCUT2D eigenvalue weighted by atomic mass is 10.2.